The van der Waals surface area contributed by atoms with Gasteiger partial charge in [0.15, 0.2) is 0 Å². The molecule has 114 valence electrons. The lowest BCUT2D eigenvalue weighted by Gasteiger charge is -2.06. The average Bonchev–Trinajstić information content (AvgIpc) is 2.58. The fraction of sp³-hybridized carbons (Fsp3) is 0. The normalized spacial score (nSPS) is 10.3. The highest BCUT2D eigenvalue weighted by Crippen LogP contribution is 2.23. The minimum absolute atomic E-state index is 0.0253. The highest BCUT2D eigenvalue weighted by molar-refractivity contribution is 6.30. The van der Waals surface area contributed by atoms with Gasteiger partial charge >= 0.3 is 0 Å². The Morgan fingerprint density at radius 2 is 2.04 bits per heavy atom. The molecule has 23 heavy (non-hydrogen) atoms. The summed E-state index contributed by atoms with van der Waals surface area (Å²) in [6.07, 6.45) is 4.38. The van der Waals surface area contributed by atoms with Crippen LogP contribution in [0.2, 0.25) is 5.02 Å². The van der Waals surface area contributed by atoms with Crippen molar-refractivity contribution in [1.82, 2.24) is 15.0 Å². The van der Waals surface area contributed by atoms with Gasteiger partial charge in [0.2, 0.25) is 0 Å². The van der Waals surface area contributed by atoms with Crippen LogP contribution >= 0.6 is 11.6 Å². The molecule has 0 aliphatic carbocycles. The summed E-state index contributed by atoms with van der Waals surface area (Å²) in [5, 5.41) is 2.70. The van der Waals surface area contributed by atoms with Crippen LogP contribution in [0.5, 0.6) is 0 Å². The highest BCUT2D eigenvalue weighted by atomic mass is 35.5. The molecule has 5 nitrogen and oxygen atoms in total. The third-order valence-electron chi connectivity index (χ3n) is 3.03. The molecule has 3 rings (SSSR count). The Hall–Kier alpha value is -2.86. The Balaban J connectivity index is 1.87. The first-order valence-electron chi connectivity index (χ1n) is 6.62. The number of hydrogen-bond donors (Lipinski definition) is 1. The summed E-state index contributed by atoms with van der Waals surface area (Å²) in [5.41, 5.74) is 1.64. The van der Waals surface area contributed by atoms with E-state index in [2.05, 4.69) is 20.3 Å². The minimum Gasteiger partial charge on any atom is -0.319 e. The van der Waals surface area contributed by atoms with Gasteiger partial charge in [-0.25, -0.2) is 14.4 Å². The van der Waals surface area contributed by atoms with Gasteiger partial charge in [0.1, 0.15) is 17.8 Å². The Labute approximate surface area is 136 Å². The molecule has 2 heterocycles. The van der Waals surface area contributed by atoms with Crippen LogP contribution in [0.4, 0.5) is 10.1 Å². The zero-order valence-electron chi connectivity index (χ0n) is 11.7. The van der Waals surface area contributed by atoms with Crippen LogP contribution in [-0.2, 0) is 0 Å². The van der Waals surface area contributed by atoms with Crippen molar-refractivity contribution in [3.63, 3.8) is 0 Å². The van der Waals surface area contributed by atoms with Crippen LogP contribution in [0, 0.1) is 5.82 Å². The number of halogens is 2. The molecule has 3 aromatic rings. The van der Waals surface area contributed by atoms with Crippen LogP contribution in [0.25, 0.3) is 11.3 Å². The molecule has 0 bridgehead atoms. The van der Waals surface area contributed by atoms with Gasteiger partial charge in [-0.3, -0.25) is 9.78 Å². The van der Waals surface area contributed by atoms with Crippen LogP contribution < -0.4 is 5.32 Å². The van der Waals surface area contributed by atoms with E-state index in [1.54, 1.807) is 24.4 Å². The zero-order valence-corrected chi connectivity index (χ0v) is 12.5. The largest absolute Gasteiger partial charge is 0.319 e. The van der Waals surface area contributed by atoms with Crippen molar-refractivity contribution in [2.24, 2.45) is 0 Å². The molecule has 0 aliphatic rings. The van der Waals surface area contributed by atoms with Gasteiger partial charge < -0.3 is 5.32 Å². The van der Waals surface area contributed by atoms with E-state index < -0.39 is 11.7 Å². The van der Waals surface area contributed by atoms with Crippen LogP contribution in [0.3, 0.4) is 0 Å². The van der Waals surface area contributed by atoms with Crippen LogP contribution in [-0.4, -0.2) is 20.9 Å². The Bertz CT molecular complexity index is 858. The summed E-state index contributed by atoms with van der Waals surface area (Å²) < 4.78 is 13.5. The zero-order chi connectivity index (χ0) is 16.2. The number of rotatable bonds is 3. The third kappa shape index (κ3) is 3.49. The molecule has 0 spiro atoms. The van der Waals surface area contributed by atoms with E-state index in [4.69, 9.17) is 11.6 Å². The quantitative estimate of drug-likeness (QED) is 0.798. The van der Waals surface area contributed by atoms with Gasteiger partial charge in [-0.1, -0.05) is 17.7 Å². The molecular formula is C16H10ClFN4O. The molecule has 2 aromatic heterocycles. The predicted molar refractivity (Wildman–Crippen MR) is 84.6 cm³/mol. The second-order valence-corrected chi connectivity index (χ2v) is 5.02. The number of aromatic nitrogens is 3. The number of nitrogens with zero attached hydrogens (tertiary/aromatic N) is 3. The molecule has 7 heteroatoms. The summed E-state index contributed by atoms with van der Waals surface area (Å²) in [7, 11) is 0. The average molecular weight is 329 g/mol. The monoisotopic (exact) mass is 328 g/mol. The van der Waals surface area contributed by atoms with Gasteiger partial charge in [0.25, 0.3) is 5.91 Å². The molecule has 0 saturated carbocycles. The third-order valence-corrected chi connectivity index (χ3v) is 3.34. The fourth-order valence-electron chi connectivity index (χ4n) is 1.93. The number of anilines is 1. The topological polar surface area (TPSA) is 67.8 Å². The Kier molecular flexibility index (Phi) is 4.25. The molecular weight excluding hydrogens is 319 g/mol. The van der Waals surface area contributed by atoms with E-state index in [-0.39, 0.29) is 10.7 Å². The predicted octanol–water partition coefficient (Wildman–Crippen LogP) is 3.58. The molecule has 0 unspecified atom stereocenters. The number of nitrogens with one attached hydrogen (secondary N) is 1. The summed E-state index contributed by atoms with van der Waals surface area (Å²) in [6.45, 7) is 0. The summed E-state index contributed by atoms with van der Waals surface area (Å²) >= 11 is 5.66. The van der Waals surface area contributed by atoms with Gasteiger partial charge in [-0.2, -0.15) is 0 Å². The van der Waals surface area contributed by atoms with Gasteiger partial charge in [0, 0.05) is 11.8 Å². The maximum absolute atomic E-state index is 13.5. The summed E-state index contributed by atoms with van der Waals surface area (Å²) in [4.78, 5) is 24.1. The van der Waals surface area contributed by atoms with Crippen LogP contribution in [0.1, 0.15) is 10.5 Å². The number of carbonyl (C=O) groups is 1. The molecule has 0 saturated heterocycles. The Morgan fingerprint density at radius 3 is 2.78 bits per heavy atom. The maximum Gasteiger partial charge on any atom is 0.274 e. The maximum atomic E-state index is 13.5. The first kappa shape index (κ1) is 15.1. The highest BCUT2D eigenvalue weighted by Gasteiger charge is 2.11. The molecule has 1 N–H and O–H groups in total. The number of carbonyl (C=O) groups excluding carboxylic acids is 1. The molecule has 0 fully saturated rings. The number of benzene rings is 1. The molecule has 0 aliphatic heterocycles. The van der Waals surface area contributed by atoms with Crippen LogP contribution in [0.15, 0.2) is 55.1 Å². The number of hydrogen-bond acceptors (Lipinski definition) is 4. The second-order valence-electron chi connectivity index (χ2n) is 4.61. The van der Waals surface area contributed by atoms with E-state index in [1.165, 1.54) is 30.7 Å². The van der Waals surface area contributed by atoms with Crippen molar-refractivity contribution in [2.75, 3.05) is 5.32 Å². The van der Waals surface area contributed by atoms with E-state index in [0.717, 1.165) is 0 Å². The first-order chi connectivity index (χ1) is 11.1. The van der Waals surface area contributed by atoms with Gasteiger partial charge in [-0.05, 0) is 30.3 Å². The molecule has 1 aromatic carbocycles. The summed E-state index contributed by atoms with van der Waals surface area (Å²) in [5.74, 6) is -0.958. The number of pyridine rings is 1. The Morgan fingerprint density at radius 1 is 1.17 bits per heavy atom. The van der Waals surface area contributed by atoms with E-state index in [1.807, 2.05) is 0 Å². The van der Waals surface area contributed by atoms with Crippen molar-refractivity contribution < 1.29 is 9.18 Å². The molecule has 1 amide bonds. The first-order valence-corrected chi connectivity index (χ1v) is 7.00. The fourth-order valence-corrected chi connectivity index (χ4v) is 2.04. The molecule has 0 radical (unpaired) electrons. The SMILES string of the molecule is O=C(Nc1cccnc1)c1cc(-c2ccc(Cl)c(F)c2)ncn1. The lowest BCUT2D eigenvalue weighted by atomic mass is 10.1. The van der Waals surface area contributed by atoms with Gasteiger partial charge in [0.05, 0.1) is 22.6 Å². The van der Waals surface area contributed by atoms with Crippen molar-refractivity contribution in [1.29, 1.82) is 0 Å². The van der Waals surface area contributed by atoms with E-state index in [0.29, 0.717) is 16.9 Å². The van der Waals surface area contributed by atoms with Crippen molar-refractivity contribution in [3.05, 3.63) is 71.7 Å². The second kappa shape index (κ2) is 6.50. The lowest BCUT2D eigenvalue weighted by molar-refractivity contribution is 0.102. The standard InChI is InChI=1S/C16H10ClFN4O/c17-12-4-3-10(6-13(12)18)14-7-15(21-9-20-14)16(23)22-11-2-1-5-19-8-11/h1-9H,(H,22,23). The van der Waals surface area contributed by atoms with Crippen molar-refractivity contribution in [3.8, 4) is 11.3 Å². The smallest absolute Gasteiger partial charge is 0.274 e. The van der Waals surface area contributed by atoms with Crippen molar-refractivity contribution >= 4 is 23.2 Å². The summed E-state index contributed by atoms with van der Waals surface area (Å²) in [6, 6.07) is 9.21. The van der Waals surface area contributed by atoms with E-state index >= 15 is 0 Å². The lowest BCUT2D eigenvalue weighted by Crippen LogP contribution is -2.14. The number of amides is 1. The molecule has 0 atom stereocenters. The van der Waals surface area contributed by atoms with E-state index in [9.17, 15) is 9.18 Å². The minimum atomic E-state index is -0.552. The van der Waals surface area contributed by atoms with Gasteiger partial charge in [-0.15, -0.1) is 0 Å². The van der Waals surface area contributed by atoms with Crippen molar-refractivity contribution in [2.45, 2.75) is 0 Å².